The predicted molar refractivity (Wildman–Crippen MR) is 87.6 cm³/mol. The Morgan fingerprint density at radius 3 is 2.70 bits per heavy atom. The predicted octanol–water partition coefficient (Wildman–Crippen LogP) is 2.46. The van der Waals surface area contributed by atoms with Crippen molar-refractivity contribution in [3.05, 3.63) is 48.0 Å². The van der Waals surface area contributed by atoms with Crippen molar-refractivity contribution in [1.29, 1.82) is 0 Å². The molecule has 0 saturated carbocycles. The summed E-state index contributed by atoms with van der Waals surface area (Å²) in [6.45, 7) is 5.48. The third-order valence-electron chi connectivity index (χ3n) is 3.43. The molecule has 7 nitrogen and oxygen atoms in total. The number of nitrogens with zero attached hydrogens (tertiary/aromatic N) is 6. The van der Waals surface area contributed by atoms with E-state index in [1.54, 1.807) is 6.20 Å². The lowest BCUT2D eigenvalue weighted by Crippen LogP contribution is -2.10. The Morgan fingerprint density at radius 2 is 1.96 bits per heavy atom. The first-order valence-electron chi connectivity index (χ1n) is 7.65. The van der Waals surface area contributed by atoms with E-state index < -0.39 is 0 Å². The molecule has 0 amide bonds. The van der Waals surface area contributed by atoms with Crippen LogP contribution in [0.2, 0.25) is 0 Å². The lowest BCUT2D eigenvalue weighted by molar-refractivity contribution is 0.558. The van der Waals surface area contributed by atoms with E-state index in [1.165, 1.54) is 0 Å². The summed E-state index contributed by atoms with van der Waals surface area (Å²) in [5.74, 6) is 1.57. The lowest BCUT2D eigenvalue weighted by Gasteiger charge is -2.07. The van der Waals surface area contributed by atoms with E-state index in [1.807, 2.05) is 41.9 Å². The fourth-order valence-electron chi connectivity index (χ4n) is 2.24. The third kappa shape index (κ3) is 3.68. The second kappa shape index (κ2) is 6.95. The third-order valence-corrected chi connectivity index (χ3v) is 3.43. The zero-order valence-electron chi connectivity index (χ0n) is 13.3. The Kier molecular flexibility index (Phi) is 4.56. The van der Waals surface area contributed by atoms with Crippen molar-refractivity contribution < 1.29 is 0 Å². The van der Waals surface area contributed by atoms with E-state index in [9.17, 15) is 0 Å². The summed E-state index contributed by atoms with van der Waals surface area (Å²) >= 11 is 0. The summed E-state index contributed by atoms with van der Waals surface area (Å²) in [6.07, 6.45) is 2.78. The summed E-state index contributed by atoms with van der Waals surface area (Å²) in [7, 11) is 0. The molecular weight excluding hydrogens is 290 g/mol. The Bertz CT molecular complexity index is 764. The van der Waals surface area contributed by atoms with Crippen molar-refractivity contribution in [2.24, 2.45) is 0 Å². The van der Waals surface area contributed by atoms with Crippen LogP contribution in [0, 0.1) is 6.92 Å². The van der Waals surface area contributed by atoms with E-state index in [4.69, 9.17) is 0 Å². The van der Waals surface area contributed by atoms with Crippen molar-refractivity contribution in [1.82, 2.24) is 30.2 Å². The Balaban J connectivity index is 1.67. The minimum atomic E-state index is 0.591. The van der Waals surface area contributed by atoms with Crippen LogP contribution in [0.25, 0.3) is 11.4 Å². The largest absolute Gasteiger partial charge is 0.378 e. The highest BCUT2D eigenvalue weighted by atomic mass is 15.5. The first-order chi connectivity index (χ1) is 11.3. The molecule has 0 bridgehead atoms. The van der Waals surface area contributed by atoms with E-state index in [0.717, 1.165) is 41.6 Å². The van der Waals surface area contributed by atoms with Crippen LogP contribution in [0.4, 0.5) is 5.69 Å². The van der Waals surface area contributed by atoms with Crippen molar-refractivity contribution in [2.45, 2.75) is 33.4 Å². The van der Waals surface area contributed by atoms with Crippen LogP contribution in [-0.2, 0) is 13.1 Å². The molecule has 0 spiro atoms. The SMILES string of the molecule is CCCn1nnnc1CNc1ccc(-c2nccc(C)n2)cc1. The fourth-order valence-corrected chi connectivity index (χ4v) is 2.24. The molecule has 0 aliphatic rings. The van der Waals surface area contributed by atoms with Crippen LogP contribution in [0.1, 0.15) is 24.9 Å². The van der Waals surface area contributed by atoms with Crippen molar-refractivity contribution >= 4 is 5.69 Å². The smallest absolute Gasteiger partial charge is 0.170 e. The molecule has 1 aromatic carbocycles. The van der Waals surface area contributed by atoms with E-state index >= 15 is 0 Å². The molecule has 7 heteroatoms. The van der Waals surface area contributed by atoms with Gasteiger partial charge in [-0.1, -0.05) is 6.92 Å². The molecule has 118 valence electrons. The zero-order valence-corrected chi connectivity index (χ0v) is 13.3. The van der Waals surface area contributed by atoms with Crippen LogP contribution in [0.3, 0.4) is 0 Å². The summed E-state index contributed by atoms with van der Waals surface area (Å²) < 4.78 is 1.82. The second-order valence-electron chi connectivity index (χ2n) is 5.27. The van der Waals surface area contributed by atoms with Gasteiger partial charge >= 0.3 is 0 Å². The van der Waals surface area contributed by atoms with Gasteiger partial charge in [0.25, 0.3) is 0 Å². The second-order valence-corrected chi connectivity index (χ2v) is 5.27. The van der Waals surface area contributed by atoms with Crippen molar-refractivity contribution in [2.75, 3.05) is 5.32 Å². The first-order valence-corrected chi connectivity index (χ1v) is 7.65. The maximum Gasteiger partial charge on any atom is 0.170 e. The molecule has 2 heterocycles. The van der Waals surface area contributed by atoms with Crippen LogP contribution in [-0.4, -0.2) is 30.2 Å². The van der Waals surface area contributed by atoms with E-state index in [-0.39, 0.29) is 0 Å². The van der Waals surface area contributed by atoms with E-state index in [0.29, 0.717) is 6.54 Å². The maximum absolute atomic E-state index is 4.43. The average molecular weight is 309 g/mol. The number of aryl methyl sites for hydroxylation is 2. The van der Waals surface area contributed by atoms with E-state index in [2.05, 4.69) is 37.7 Å². The van der Waals surface area contributed by atoms with Gasteiger partial charge in [-0.2, -0.15) is 0 Å². The van der Waals surface area contributed by atoms with Crippen molar-refractivity contribution in [3.8, 4) is 11.4 Å². The molecular formula is C16H19N7. The molecule has 0 radical (unpaired) electrons. The quantitative estimate of drug-likeness (QED) is 0.753. The Hall–Kier alpha value is -2.83. The molecule has 2 aromatic heterocycles. The molecule has 0 fully saturated rings. The van der Waals surface area contributed by atoms with Gasteiger partial charge in [0.1, 0.15) is 0 Å². The van der Waals surface area contributed by atoms with Crippen molar-refractivity contribution in [3.63, 3.8) is 0 Å². The van der Waals surface area contributed by atoms with Gasteiger partial charge in [-0.15, -0.1) is 5.10 Å². The summed E-state index contributed by atoms with van der Waals surface area (Å²) in [5.41, 5.74) is 2.96. The minimum Gasteiger partial charge on any atom is -0.378 e. The van der Waals surface area contributed by atoms with Gasteiger partial charge in [-0.05, 0) is 54.1 Å². The molecule has 3 rings (SSSR count). The highest BCUT2D eigenvalue weighted by Gasteiger charge is 2.05. The lowest BCUT2D eigenvalue weighted by atomic mass is 10.2. The number of hydrogen-bond donors (Lipinski definition) is 1. The molecule has 0 aliphatic carbocycles. The van der Waals surface area contributed by atoms with Crippen LogP contribution in [0.15, 0.2) is 36.5 Å². The van der Waals surface area contributed by atoms with Gasteiger partial charge in [0, 0.05) is 29.7 Å². The number of benzene rings is 1. The highest BCUT2D eigenvalue weighted by Crippen LogP contribution is 2.18. The normalized spacial score (nSPS) is 10.7. The zero-order chi connectivity index (χ0) is 16.1. The number of anilines is 1. The molecule has 0 aliphatic heterocycles. The maximum atomic E-state index is 4.43. The molecule has 0 saturated heterocycles. The van der Waals surface area contributed by atoms with Gasteiger partial charge in [-0.3, -0.25) is 0 Å². The van der Waals surface area contributed by atoms with Gasteiger partial charge < -0.3 is 5.32 Å². The van der Waals surface area contributed by atoms with Gasteiger partial charge in [0.2, 0.25) is 0 Å². The summed E-state index contributed by atoms with van der Waals surface area (Å²) in [4.78, 5) is 8.73. The number of nitrogens with one attached hydrogen (secondary N) is 1. The summed E-state index contributed by atoms with van der Waals surface area (Å²) in [6, 6.07) is 9.92. The molecule has 3 aromatic rings. The number of hydrogen-bond acceptors (Lipinski definition) is 6. The number of tetrazole rings is 1. The fraction of sp³-hybridized carbons (Fsp3) is 0.312. The molecule has 0 atom stereocenters. The highest BCUT2D eigenvalue weighted by molar-refractivity contribution is 5.59. The standard InChI is InChI=1S/C16H19N7/c1-3-10-23-15(20-21-22-23)11-18-14-6-4-13(5-7-14)16-17-9-8-12(2)19-16/h4-9,18H,3,10-11H2,1-2H3. The van der Waals surface area contributed by atoms with Gasteiger partial charge in [0.05, 0.1) is 6.54 Å². The number of aromatic nitrogens is 6. The van der Waals surface area contributed by atoms with Crippen LogP contribution >= 0.6 is 0 Å². The topological polar surface area (TPSA) is 81.4 Å². The Morgan fingerprint density at radius 1 is 1.13 bits per heavy atom. The first kappa shape index (κ1) is 15.1. The monoisotopic (exact) mass is 309 g/mol. The van der Waals surface area contributed by atoms with Gasteiger partial charge in [-0.25, -0.2) is 14.6 Å². The minimum absolute atomic E-state index is 0.591. The summed E-state index contributed by atoms with van der Waals surface area (Å²) in [5, 5.41) is 15.1. The van der Waals surface area contributed by atoms with Gasteiger partial charge in [0.15, 0.2) is 11.6 Å². The molecule has 23 heavy (non-hydrogen) atoms. The molecule has 1 N–H and O–H groups in total. The average Bonchev–Trinajstić information content (AvgIpc) is 3.01. The van der Waals surface area contributed by atoms with Crippen LogP contribution in [0.5, 0.6) is 0 Å². The van der Waals surface area contributed by atoms with Crippen LogP contribution < -0.4 is 5.32 Å². The number of rotatable bonds is 6. The Labute approximate surface area is 134 Å². The molecule has 0 unspecified atom stereocenters.